The van der Waals surface area contributed by atoms with Crippen molar-refractivity contribution in [1.82, 2.24) is 15.0 Å². The lowest BCUT2D eigenvalue weighted by Crippen LogP contribution is -2.44. The lowest BCUT2D eigenvalue weighted by molar-refractivity contribution is -0.145. The Bertz CT molecular complexity index is 692. The van der Waals surface area contributed by atoms with Gasteiger partial charge in [-0.3, -0.25) is 4.98 Å². The summed E-state index contributed by atoms with van der Waals surface area (Å²) in [6.45, 7) is 5.36. The van der Waals surface area contributed by atoms with Crippen LogP contribution in [0.4, 0.5) is 5.82 Å². The van der Waals surface area contributed by atoms with E-state index in [0.29, 0.717) is 23.3 Å². The molecule has 2 aromatic rings. The number of carbonyl (C=O) groups is 1. The minimum Gasteiger partial charge on any atom is -0.467 e. The van der Waals surface area contributed by atoms with Crippen LogP contribution in [0.3, 0.4) is 0 Å². The topological polar surface area (TPSA) is 77.0 Å². The Labute approximate surface area is 127 Å². The molecular weight excluding hydrogens is 292 g/mol. The highest BCUT2D eigenvalue weighted by Gasteiger charge is 2.34. The largest absolute Gasteiger partial charge is 0.467 e. The van der Waals surface area contributed by atoms with Crippen LogP contribution < -0.4 is 5.32 Å². The second kappa shape index (κ2) is 6.05. The molecule has 0 aliphatic rings. The summed E-state index contributed by atoms with van der Waals surface area (Å²) in [5.74, 6) is -0.0541. The van der Waals surface area contributed by atoms with E-state index >= 15 is 0 Å². The molecule has 0 amide bonds. The number of nitrogens with zero attached hydrogens (tertiary/aromatic N) is 3. The smallest absolute Gasteiger partial charge is 0.331 e. The number of pyridine rings is 1. The van der Waals surface area contributed by atoms with E-state index in [0.717, 1.165) is 0 Å². The summed E-state index contributed by atoms with van der Waals surface area (Å²) >= 11 is 5.92. The number of hydrogen-bond donors (Lipinski definition) is 1. The van der Waals surface area contributed by atoms with E-state index in [4.69, 9.17) is 16.3 Å². The Morgan fingerprint density at radius 2 is 2.33 bits per heavy atom. The monoisotopic (exact) mass is 306 g/mol. The molecular formula is C14H15ClN4O2. The van der Waals surface area contributed by atoms with Gasteiger partial charge < -0.3 is 10.1 Å². The average Bonchev–Trinajstić information content (AvgIpc) is 2.46. The third-order valence-electron chi connectivity index (χ3n) is 3.01. The fraction of sp³-hybridized carbons (Fsp3) is 0.286. The summed E-state index contributed by atoms with van der Waals surface area (Å²) in [6, 6.07) is 3.52. The first-order valence-corrected chi connectivity index (χ1v) is 6.64. The normalized spacial score (nSPS) is 13.5. The molecule has 2 rings (SSSR count). The zero-order valence-electron chi connectivity index (χ0n) is 11.8. The van der Waals surface area contributed by atoms with Gasteiger partial charge in [-0.25, -0.2) is 9.78 Å². The number of hydrogen-bond acceptors (Lipinski definition) is 6. The van der Waals surface area contributed by atoms with Crippen molar-refractivity contribution in [2.75, 3.05) is 12.4 Å². The van der Waals surface area contributed by atoms with Crippen LogP contribution in [0.2, 0.25) is 5.28 Å². The summed E-state index contributed by atoms with van der Waals surface area (Å²) in [5, 5.41) is 3.12. The molecule has 0 spiro atoms. The molecule has 1 N–H and O–H groups in total. The van der Waals surface area contributed by atoms with E-state index in [1.807, 2.05) is 0 Å². The lowest BCUT2D eigenvalue weighted by atomic mass is 9.98. The van der Waals surface area contributed by atoms with Crippen LogP contribution in [0.15, 0.2) is 31.0 Å². The van der Waals surface area contributed by atoms with Gasteiger partial charge in [0.1, 0.15) is 11.1 Å². The maximum absolute atomic E-state index is 12.0. The van der Waals surface area contributed by atoms with Crippen LogP contribution in [-0.2, 0) is 9.53 Å². The van der Waals surface area contributed by atoms with Crippen LogP contribution >= 0.6 is 11.6 Å². The first-order chi connectivity index (χ1) is 10.00. The molecule has 6 nitrogen and oxygen atoms in total. The van der Waals surface area contributed by atoms with Gasteiger partial charge in [0.15, 0.2) is 5.82 Å². The van der Waals surface area contributed by atoms with Crippen molar-refractivity contribution in [2.45, 2.75) is 18.9 Å². The molecule has 0 aromatic carbocycles. The predicted molar refractivity (Wildman–Crippen MR) is 81.2 cm³/mol. The Balaban J connectivity index is 2.50. The summed E-state index contributed by atoms with van der Waals surface area (Å²) in [7, 11) is 1.33. The number of halogens is 1. The minimum atomic E-state index is -1.02. The van der Waals surface area contributed by atoms with Crippen LogP contribution in [0.25, 0.3) is 11.0 Å². The number of ether oxygens (including phenoxy) is 1. The minimum absolute atomic E-state index is 0.0730. The third kappa shape index (κ3) is 3.11. The lowest BCUT2D eigenvalue weighted by Gasteiger charge is -2.27. The molecule has 2 heterocycles. The molecule has 0 aliphatic carbocycles. The molecule has 0 fully saturated rings. The standard InChI is InChI=1S/C14H15ClN4O2/c1-4-7-14(2,12(20)21-3)19-11-10-9(6-5-8-16-10)17-13(15)18-11/h4-6,8H,1,7H2,2-3H3,(H,17,18,19)/t14-/m1/s1. The molecule has 110 valence electrons. The second-order valence-electron chi connectivity index (χ2n) is 4.65. The first kappa shape index (κ1) is 15.2. The Kier molecular flexibility index (Phi) is 4.37. The number of carbonyl (C=O) groups excluding carboxylic acids is 1. The van der Waals surface area contributed by atoms with Crippen molar-refractivity contribution < 1.29 is 9.53 Å². The van der Waals surface area contributed by atoms with Crippen molar-refractivity contribution >= 4 is 34.4 Å². The molecule has 0 bridgehead atoms. The van der Waals surface area contributed by atoms with Crippen molar-refractivity contribution in [3.63, 3.8) is 0 Å². The van der Waals surface area contributed by atoms with Gasteiger partial charge >= 0.3 is 5.97 Å². The Hall–Kier alpha value is -2.21. The van der Waals surface area contributed by atoms with Crippen LogP contribution in [-0.4, -0.2) is 33.6 Å². The highest BCUT2D eigenvalue weighted by molar-refractivity contribution is 6.28. The molecule has 0 saturated heterocycles. The van der Waals surface area contributed by atoms with E-state index in [9.17, 15) is 4.79 Å². The predicted octanol–water partition coefficient (Wildman–Crippen LogP) is 2.60. The van der Waals surface area contributed by atoms with Crippen LogP contribution in [0, 0.1) is 0 Å². The first-order valence-electron chi connectivity index (χ1n) is 6.26. The van der Waals surface area contributed by atoms with Crippen molar-refractivity contribution in [2.24, 2.45) is 0 Å². The van der Waals surface area contributed by atoms with Gasteiger partial charge in [-0.15, -0.1) is 6.58 Å². The fourth-order valence-corrected chi connectivity index (χ4v) is 2.16. The number of rotatable bonds is 5. The quantitative estimate of drug-likeness (QED) is 0.520. The molecule has 2 aromatic heterocycles. The second-order valence-corrected chi connectivity index (χ2v) is 4.99. The van der Waals surface area contributed by atoms with E-state index in [1.54, 1.807) is 31.3 Å². The molecule has 7 heteroatoms. The summed E-state index contributed by atoms with van der Waals surface area (Å²) in [5.41, 5.74) is 0.102. The number of nitrogens with one attached hydrogen (secondary N) is 1. The summed E-state index contributed by atoms with van der Waals surface area (Å²) in [4.78, 5) is 24.5. The number of anilines is 1. The van der Waals surface area contributed by atoms with E-state index in [2.05, 4.69) is 26.8 Å². The zero-order chi connectivity index (χ0) is 15.5. The summed E-state index contributed by atoms with van der Waals surface area (Å²) in [6.07, 6.45) is 3.60. The molecule has 0 unspecified atom stereocenters. The van der Waals surface area contributed by atoms with Gasteiger partial charge in [0.25, 0.3) is 0 Å². The Morgan fingerprint density at radius 3 is 3.00 bits per heavy atom. The van der Waals surface area contributed by atoms with Crippen molar-refractivity contribution in [1.29, 1.82) is 0 Å². The molecule has 0 saturated carbocycles. The van der Waals surface area contributed by atoms with Crippen molar-refractivity contribution in [3.05, 3.63) is 36.3 Å². The highest BCUT2D eigenvalue weighted by Crippen LogP contribution is 2.25. The Morgan fingerprint density at radius 1 is 1.57 bits per heavy atom. The zero-order valence-corrected chi connectivity index (χ0v) is 12.5. The van der Waals surface area contributed by atoms with Gasteiger partial charge in [-0.05, 0) is 37.1 Å². The third-order valence-corrected chi connectivity index (χ3v) is 3.18. The van der Waals surface area contributed by atoms with E-state index in [1.165, 1.54) is 7.11 Å². The summed E-state index contributed by atoms with van der Waals surface area (Å²) < 4.78 is 4.84. The SMILES string of the molecule is C=CC[C@@](C)(Nc1nc(Cl)nc2cccnc12)C(=O)OC. The molecule has 21 heavy (non-hydrogen) atoms. The maximum atomic E-state index is 12.0. The number of esters is 1. The highest BCUT2D eigenvalue weighted by atomic mass is 35.5. The van der Waals surface area contributed by atoms with Gasteiger partial charge in [-0.2, -0.15) is 4.98 Å². The molecule has 1 atom stereocenters. The van der Waals surface area contributed by atoms with Gasteiger partial charge in [0, 0.05) is 6.20 Å². The molecule has 0 radical (unpaired) electrons. The molecule has 0 aliphatic heterocycles. The average molecular weight is 307 g/mol. The number of fused-ring (bicyclic) bond motifs is 1. The van der Waals surface area contributed by atoms with E-state index < -0.39 is 11.5 Å². The van der Waals surface area contributed by atoms with Gasteiger partial charge in [0.2, 0.25) is 5.28 Å². The maximum Gasteiger partial charge on any atom is 0.331 e. The van der Waals surface area contributed by atoms with Gasteiger partial charge in [0.05, 0.1) is 12.6 Å². The number of aromatic nitrogens is 3. The van der Waals surface area contributed by atoms with E-state index in [-0.39, 0.29) is 5.28 Å². The number of methoxy groups -OCH3 is 1. The van der Waals surface area contributed by atoms with Gasteiger partial charge in [-0.1, -0.05) is 6.08 Å². The fourth-order valence-electron chi connectivity index (χ4n) is 1.99. The van der Waals surface area contributed by atoms with Crippen molar-refractivity contribution in [3.8, 4) is 0 Å². The van der Waals surface area contributed by atoms with Crippen LogP contribution in [0.5, 0.6) is 0 Å². The van der Waals surface area contributed by atoms with Crippen LogP contribution in [0.1, 0.15) is 13.3 Å².